The molecule has 9 heteroatoms. The number of hydrogen-bond donors (Lipinski definition) is 1. The Labute approximate surface area is 172 Å². The van der Waals surface area contributed by atoms with E-state index in [2.05, 4.69) is 15.2 Å². The lowest BCUT2D eigenvalue weighted by Gasteiger charge is -2.36. The van der Waals surface area contributed by atoms with Gasteiger partial charge in [0.25, 0.3) is 5.69 Å². The molecule has 1 aliphatic rings. The van der Waals surface area contributed by atoms with E-state index in [-0.39, 0.29) is 23.8 Å². The molecule has 1 fully saturated rings. The number of amides is 1. The molecule has 0 unspecified atom stereocenters. The molecule has 8 nitrogen and oxygen atoms in total. The predicted molar refractivity (Wildman–Crippen MR) is 112 cm³/mol. The highest BCUT2D eigenvalue weighted by molar-refractivity contribution is 5.99. The van der Waals surface area contributed by atoms with E-state index in [0.29, 0.717) is 31.6 Å². The molecule has 0 atom stereocenters. The Morgan fingerprint density at radius 3 is 2.60 bits per heavy atom. The predicted octanol–water partition coefficient (Wildman–Crippen LogP) is 3.04. The van der Waals surface area contributed by atoms with E-state index in [4.69, 9.17) is 0 Å². The van der Waals surface area contributed by atoms with Gasteiger partial charge in [-0.05, 0) is 24.3 Å². The highest BCUT2D eigenvalue weighted by atomic mass is 19.1. The van der Waals surface area contributed by atoms with Crippen molar-refractivity contribution in [2.24, 2.45) is 0 Å². The van der Waals surface area contributed by atoms with Crippen LogP contribution < -0.4 is 10.2 Å². The van der Waals surface area contributed by atoms with Gasteiger partial charge in [-0.2, -0.15) is 0 Å². The van der Waals surface area contributed by atoms with Crippen LogP contribution in [0.2, 0.25) is 0 Å². The molecule has 30 heavy (non-hydrogen) atoms. The first-order valence-electron chi connectivity index (χ1n) is 9.56. The van der Waals surface area contributed by atoms with Crippen LogP contribution in [0.15, 0.2) is 54.9 Å². The highest BCUT2D eigenvalue weighted by Gasteiger charge is 2.23. The fourth-order valence-electron chi connectivity index (χ4n) is 3.70. The van der Waals surface area contributed by atoms with Gasteiger partial charge in [-0.1, -0.05) is 12.1 Å². The Balaban J connectivity index is 1.41. The van der Waals surface area contributed by atoms with Gasteiger partial charge in [0.15, 0.2) is 0 Å². The topological polar surface area (TPSA) is 91.6 Å². The van der Waals surface area contributed by atoms with Crippen LogP contribution in [0.1, 0.15) is 0 Å². The molecule has 0 saturated carbocycles. The normalized spacial score (nSPS) is 14.6. The second-order valence-electron chi connectivity index (χ2n) is 7.07. The number of nitro groups is 1. The number of nitro benzene ring substituents is 1. The maximum Gasteiger partial charge on any atom is 0.278 e. The second-order valence-corrected chi connectivity index (χ2v) is 7.07. The largest absolute Gasteiger partial charge is 0.368 e. The maximum absolute atomic E-state index is 13.7. The van der Waals surface area contributed by atoms with Gasteiger partial charge < -0.3 is 10.2 Å². The first-order valence-corrected chi connectivity index (χ1v) is 9.56. The molecule has 2 heterocycles. The van der Waals surface area contributed by atoms with Crippen molar-refractivity contribution in [3.05, 3.63) is 70.8 Å². The number of benzene rings is 2. The summed E-state index contributed by atoms with van der Waals surface area (Å²) in [6, 6.07) is 11.1. The first kappa shape index (κ1) is 19.7. The van der Waals surface area contributed by atoms with Crippen molar-refractivity contribution in [2.75, 3.05) is 42.9 Å². The number of nitrogens with one attached hydrogen (secondary N) is 1. The van der Waals surface area contributed by atoms with Crippen LogP contribution in [0.5, 0.6) is 0 Å². The summed E-state index contributed by atoms with van der Waals surface area (Å²) in [5.41, 5.74) is 1.12. The highest BCUT2D eigenvalue weighted by Crippen LogP contribution is 2.33. The molecule has 0 aliphatic carbocycles. The molecule has 1 aromatic heterocycles. The molecule has 1 N–H and O–H groups in total. The van der Waals surface area contributed by atoms with Gasteiger partial charge in [-0.3, -0.25) is 24.8 Å². The number of halogens is 1. The molecule has 0 radical (unpaired) electrons. The molecule has 1 aliphatic heterocycles. The van der Waals surface area contributed by atoms with Crippen LogP contribution in [-0.2, 0) is 4.79 Å². The fraction of sp³-hybridized carbons (Fsp3) is 0.238. The van der Waals surface area contributed by atoms with Gasteiger partial charge in [0, 0.05) is 55.7 Å². The smallest absolute Gasteiger partial charge is 0.278 e. The van der Waals surface area contributed by atoms with Crippen LogP contribution >= 0.6 is 0 Å². The monoisotopic (exact) mass is 409 g/mol. The molecule has 154 valence electrons. The third-order valence-corrected chi connectivity index (χ3v) is 5.20. The SMILES string of the molecule is O=C(CN1CCN(c2ccc([N+](=O)[O-])c3cnccc23)CC1)Nc1ccccc1F. The number of carbonyl (C=O) groups excluding carboxylic acids is 1. The summed E-state index contributed by atoms with van der Waals surface area (Å²) < 4.78 is 13.7. The zero-order valence-corrected chi connectivity index (χ0v) is 16.1. The van der Waals surface area contributed by atoms with Crippen molar-refractivity contribution in [2.45, 2.75) is 0 Å². The molecule has 3 aromatic rings. The van der Waals surface area contributed by atoms with Crippen molar-refractivity contribution in [3.8, 4) is 0 Å². The van der Waals surface area contributed by atoms with Crippen molar-refractivity contribution >= 4 is 33.7 Å². The van der Waals surface area contributed by atoms with Crippen molar-refractivity contribution in [3.63, 3.8) is 0 Å². The first-order chi connectivity index (χ1) is 14.5. The number of anilines is 2. The molecule has 0 bridgehead atoms. The summed E-state index contributed by atoms with van der Waals surface area (Å²) in [6.45, 7) is 2.81. The molecule has 4 rings (SSSR count). The number of carbonyl (C=O) groups is 1. The summed E-state index contributed by atoms with van der Waals surface area (Å²) in [5.74, 6) is -0.726. The third kappa shape index (κ3) is 4.06. The number of hydrogen-bond acceptors (Lipinski definition) is 6. The molecule has 1 saturated heterocycles. The van der Waals surface area contributed by atoms with E-state index < -0.39 is 10.7 Å². The number of para-hydroxylation sites is 1. The Morgan fingerprint density at radius 2 is 1.87 bits per heavy atom. The number of nitrogens with zero attached hydrogens (tertiary/aromatic N) is 4. The second kappa shape index (κ2) is 8.42. The van der Waals surface area contributed by atoms with Gasteiger partial charge >= 0.3 is 0 Å². The van der Waals surface area contributed by atoms with E-state index >= 15 is 0 Å². The Bertz CT molecular complexity index is 1100. The summed E-state index contributed by atoms with van der Waals surface area (Å²) >= 11 is 0. The molecular weight excluding hydrogens is 389 g/mol. The van der Waals surface area contributed by atoms with Gasteiger partial charge in [0.1, 0.15) is 5.82 Å². The van der Waals surface area contributed by atoms with Gasteiger partial charge in [0.2, 0.25) is 5.91 Å². The minimum Gasteiger partial charge on any atom is -0.368 e. The summed E-state index contributed by atoms with van der Waals surface area (Å²) in [7, 11) is 0. The lowest BCUT2D eigenvalue weighted by atomic mass is 10.1. The zero-order valence-electron chi connectivity index (χ0n) is 16.1. The Morgan fingerprint density at radius 1 is 1.10 bits per heavy atom. The van der Waals surface area contributed by atoms with E-state index in [1.165, 1.54) is 24.4 Å². The van der Waals surface area contributed by atoms with E-state index in [1.807, 2.05) is 4.90 Å². The lowest BCUT2D eigenvalue weighted by Crippen LogP contribution is -2.48. The van der Waals surface area contributed by atoms with E-state index in [0.717, 1.165) is 11.1 Å². The van der Waals surface area contributed by atoms with E-state index in [9.17, 15) is 19.3 Å². The number of non-ortho nitro benzene ring substituents is 1. The molecule has 2 aromatic carbocycles. The van der Waals surface area contributed by atoms with Crippen molar-refractivity contribution in [1.82, 2.24) is 9.88 Å². The van der Waals surface area contributed by atoms with E-state index in [1.54, 1.807) is 30.5 Å². The Hall–Kier alpha value is -3.59. The van der Waals surface area contributed by atoms with Gasteiger partial charge in [0.05, 0.1) is 22.5 Å². The zero-order chi connectivity index (χ0) is 21.1. The number of fused-ring (bicyclic) bond motifs is 1. The van der Waals surface area contributed by atoms with Gasteiger partial charge in [-0.25, -0.2) is 4.39 Å². The number of pyridine rings is 1. The standard InChI is InChI=1S/C21H20FN5O3/c22-17-3-1-2-4-18(17)24-21(28)14-25-9-11-26(12-10-25)19-5-6-20(27(29)30)16-13-23-8-7-15(16)19/h1-8,13H,9-12,14H2,(H,24,28). The average Bonchev–Trinajstić information content (AvgIpc) is 2.75. The third-order valence-electron chi connectivity index (χ3n) is 5.20. The Kier molecular flexibility index (Phi) is 5.53. The van der Waals surface area contributed by atoms with Crippen LogP contribution in [-0.4, -0.2) is 53.4 Å². The van der Waals surface area contributed by atoms with Crippen LogP contribution in [0.4, 0.5) is 21.5 Å². The summed E-state index contributed by atoms with van der Waals surface area (Å²) in [4.78, 5) is 31.3. The summed E-state index contributed by atoms with van der Waals surface area (Å²) in [5, 5.41) is 15.2. The maximum atomic E-state index is 13.7. The summed E-state index contributed by atoms with van der Waals surface area (Å²) in [6.07, 6.45) is 3.14. The number of rotatable bonds is 5. The van der Waals surface area contributed by atoms with Crippen LogP contribution in [0.3, 0.4) is 0 Å². The number of aromatic nitrogens is 1. The minimum atomic E-state index is -0.463. The molecule has 0 spiro atoms. The van der Waals surface area contributed by atoms with Crippen LogP contribution in [0, 0.1) is 15.9 Å². The average molecular weight is 409 g/mol. The number of piperazine rings is 1. The molecule has 1 amide bonds. The van der Waals surface area contributed by atoms with Crippen LogP contribution in [0.25, 0.3) is 10.8 Å². The van der Waals surface area contributed by atoms with Crippen molar-refractivity contribution < 1.29 is 14.1 Å². The fourth-order valence-corrected chi connectivity index (χ4v) is 3.70. The lowest BCUT2D eigenvalue weighted by molar-refractivity contribution is -0.383. The quantitative estimate of drug-likeness (QED) is 0.514. The van der Waals surface area contributed by atoms with Gasteiger partial charge in [-0.15, -0.1) is 0 Å². The minimum absolute atomic E-state index is 0.0327. The molecular formula is C21H20FN5O3. The van der Waals surface area contributed by atoms with Crippen molar-refractivity contribution in [1.29, 1.82) is 0 Å².